The van der Waals surface area contributed by atoms with Crippen LogP contribution in [0.2, 0.25) is 0 Å². The summed E-state index contributed by atoms with van der Waals surface area (Å²) in [4.78, 5) is 30.8. The molecule has 0 bridgehead atoms. The summed E-state index contributed by atoms with van der Waals surface area (Å²) in [7, 11) is 0. The zero-order valence-electron chi connectivity index (χ0n) is 15.4. The molecule has 1 aliphatic heterocycles. The fourth-order valence-corrected chi connectivity index (χ4v) is 3.80. The van der Waals surface area contributed by atoms with Crippen molar-refractivity contribution in [1.82, 2.24) is 24.6 Å². The van der Waals surface area contributed by atoms with E-state index < -0.39 is 5.91 Å². The van der Waals surface area contributed by atoms with Crippen LogP contribution in [0.15, 0.2) is 48.9 Å². The molecular weight excluding hydrogens is 356 g/mol. The number of benzene rings is 1. The van der Waals surface area contributed by atoms with Crippen LogP contribution < -0.4 is 5.73 Å². The van der Waals surface area contributed by atoms with Crippen molar-refractivity contribution >= 4 is 11.8 Å². The molecule has 0 saturated carbocycles. The topological polar surface area (TPSA) is 110 Å². The normalized spacial score (nSPS) is 16.9. The summed E-state index contributed by atoms with van der Waals surface area (Å²) >= 11 is 0. The number of hydrogen-bond acceptors (Lipinski definition) is 4. The van der Waals surface area contributed by atoms with Gasteiger partial charge in [0.05, 0.1) is 17.5 Å². The number of aromatic nitrogens is 4. The third-order valence-corrected chi connectivity index (χ3v) is 5.08. The van der Waals surface area contributed by atoms with Crippen LogP contribution in [-0.2, 0) is 11.3 Å². The highest BCUT2D eigenvalue weighted by Gasteiger charge is 2.29. The van der Waals surface area contributed by atoms with Crippen molar-refractivity contribution < 1.29 is 9.59 Å². The van der Waals surface area contributed by atoms with Crippen molar-refractivity contribution in [3.8, 4) is 11.3 Å². The Kier molecular flexibility index (Phi) is 4.92. The predicted octanol–water partition coefficient (Wildman–Crippen LogP) is 1.78. The number of primary amides is 1. The summed E-state index contributed by atoms with van der Waals surface area (Å²) < 4.78 is 1.77. The van der Waals surface area contributed by atoms with Crippen molar-refractivity contribution in [2.75, 3.05) is 13.1 Å². The molecular formula is C20H22N6O2. The molecule has 28 heavy (non-hydrogen) atoms. The molecule has 8 heteroatoms. The number of nitrogens with one attached hydrogen (secondary N) is 1. The van der Waals surface area contributed by atoms with Crippen LogP contribution in [0.1, 0.15) is 34.9 Å². The van der Waals surface area contributed by atoms with Crippen LogP contribution in [0.3, 0.4) is 0 Å². The first-order valence-electron chi connectivity index (χ1n) is 9.31. The molecule has 1 unspecified atom stereocenters. The van der Waals surface area contributed by atoms with Crippen LogP contribution in [0.25, 0.3) is 11.3 Å². The van der Waals surface area contributed by atoms with E-state index in [0.717, 1.165) is 29.9 Å². The summed E-state index contributed by atoms with van der Waals surface area (Å²) in [5.74, 6) is 0.408. The van der Waals surface area contributed by atoms with Gasteiger partial charge in [-0.05, 0) is 12.8 Å². The summed E-state index contributed by atoms with van der Waals surface area (Å²) in [5.41, 5.74) is 7.54. The van der Waals surface area contributed by atoms with Crippen molar-refractivity contribution in [3.05, 3.63) is 60.3 Å². The van der Waals surface area contributed by atoms with E-state index in [-0.39, 0.29) is 18.4 Å². The van der Waals surface area contributed by atoms with Gasteiger partial charge in [-0.15, -0.1) is 0 Å². The zero-order chi connectivity index (χ0) is 19.5. The molecule has 0 spiro atoms. The Labute approximate surface area is 162 Å². The first-order chi connectivity index (χ1) is 13.6. The van der Waals surface area contributed by atoms with Gasteiger partial charge in [0.15, 0.2) is 0 Å². The number of nitrogens with two attached hydrogens (primary N) is 1. The molecule has 0 aliphatic carbocycles. The number of amides is 2. The van der Waals surface area contributed by atoms with E-state index in [0.29, 0.717) is 18.7 Å². The smallest absolute Gasteiger partial charge is 0.257 e. The van der Waals surface area contributed by atoms with Gasteiger partial charge < -0.3 is 15.2 Å². The Hall–Kier alpha value is -3.42. The van der Waals surface area contributed by atoms with Crippen molar-refractivity contribution in [2.45, 2.75) is 25.3 Å². The molecule has 1 aromatic carbocycles. The van der Waals surface area contributed by atoms with Crippen LogP contribution in [0.5, 0.6) is 0 Å². The van der Waals surface area contributed by atoms with Crippen molar-refractivity contribution in [1.29, 1.82) is 0 Å². The number of rotatable bonds is 5. The Morgan fingerprint density at radius 2 is 2.07 bits per heavy atom. The molecule has 144 valence electrons. The summed E-state index contributed by atoms with van der Waals surface area (Å²) in [6, 6.07) is 9.69. The first-order valence-corrected chi connectivity index (χ1v) is 9.31. The highest BCUT2D eigenvalue weighted by molar-refractivity contribution is 5.99. The molecule has 3 aromatic rings. The van der Waals surface area contributed by atoms with Gasteiger partial charge in [-0.2, -0.15) is 5.10 Å². The minimum Gasteiger partial charge on any atom is -0.368 e. The number of aromatic amines is 1. The second-order valence-corrected chi connectivity index (χ2v) is 6.99. The van der Waals surface area contributed by atoms with Crippen LogP contribution >= 0.6 is 0 Å². The Morgan fingerprint density at radius 1 is 1.25 bits per heavy atom. The van der Waals surface area contributed by atoms with Crippen LogP contribution in [0, 0.1) is 0 Å². The van der Waals surface area contributed by atoms with Gasteiger partial charge in [-0.1, -0.05) is 30.3 Å². The summed E-state index contributed by atoms with van der Waals surface area (Å²) in [5, 5.41) is 7.04. The number of H-pyrrole nitrogens is 1. The number of likely N-dealkylation sites (tertiary alicyclic amines) is 1. The number of imidazole rings is 1. The summed E-state index contributed by atoms with van der Waals surface area (Å²) in [6.07, 6.45) is 6.80. The van der Waals surface area contributed by atoms with E-state index in [1.807, 2.05) is 35.2 Å². The van der Waals surface area contributed by atoms with Crippen LogP contribution in [-0.4, -0.2) is 49.6 Å². The fraction of sp³-hybridized carbons (Fsp3) is 0.300. The lowest BCUT2D eigenvalue weighted by Gasteiger charge is -2.32. The maximum Gasteiger partial charge on any atom is 0.257 e. The number of carbonyl (C=O) groups excluding carboxylic acids is 2. The molecule has 0 radical (unpaired) electrons. The molecule has 1 aliphatic rings. The molecule has 3 heterocycles. The third kappa shape index (κ3) is 3.53. The van der Waals surface area contributed by atoms with Gasteiger partial charge in [0.25, 0.3) is 5.91 Å². The predicted molar refractivity (Wildman–Crippen MR) is 103 cm³/mol. The number of piperidine rings is 1. The lowest BCUT2D eigenvalue weighted by atomic mass is 9.96. The third-order valence-electron chi connectivity index (χ3n) is 5.08. The SMILES string of the molecule is NC(=O)Cn1ccnc1C1CCCN(C(=O)c2cn[nH]c2-c2ccccc2)C1. The van der Waals surface area contributed by atoms with E-state index in [1.54, 1.807) is 23.2 Å². The Balaban J connectivity index is 1.55. The fourth-order valence-electron chi connectivity index (χ4n) is 3.80. The van der Waals surface area contributed by atoms with Crippen molar-refractivity contribution in [3.63, 3.8) is 0 Å². The molecule has 4 rings (SSSR count). The highest BCUT2D eigenvalue weighted by atomic mass is 16.2. The highest BCUT2D eigenvalue weighted by Crippen LogP contribution is 2.28. The van der Waals surface area contributed by atoms with E-state index >= 15 is 0 Å². The van der Waals surface area contributed by atoms with Crippen molar-refractivity contribution in [2.24, 2.45) is 5.73 Å². The standard InChI is InChI=1S/C20H22N6O2/c21-17(27)13-25-10-8-22-19(25)15-7-4-9-26(12-15)20(28)16-11-23-24-18(16)14-5-2-1-3-6-14/h1-3,5-6,8,10-11,15H,4,7,9,12-13H2,(H2,21,27)(H,23,24). The zero-order valence-corrected chi connectivity index (χ0v) is 15.4. The quantitative estimate of drug-likeness (QED) is 0.705. The van der Waals surface area contributed by atoms with Gasteiger partial charge in [-0.3, -0.25) is 14.7 Å². The molecule has 1 atom stereocenters. The second-order valence-electron chi connectivity index (χ2n) is 6.99. The molecule has 1 fully saturated rings. The molecule has 2 amide bonds. The average molecular weight is 378 g/mol. The van der Waals surface area contributed by atoms with E-state index in [4.69, 9.17) is 5.73 Å². The molecule has 3 N–H and O–H groups in total. The van der Waals surface area contributed by atoms with Crippen LogP contribution in [0.4, 0.5) is 0 Å². The second kappa shape index (κ2) is 7.67. The Bertz CT molecular complexity index is 978. The lowest BCUT2D eigenvalue weighted by molar-refractivity contribution is -0.118. The van der Waals surface area contributed by atoms with Gasteiger partial charge in [0, 0.05) is 37.0 Å². The van der Waals surface area contributed by atoms with Gasteiger partial charge in [0.2, 0.25) is 5.91 Å². The monoisotopic (exact) mass is 378 g/mol. The Morgan fingerprint density at radius 3 is 2.86 bits per heavy atom. The number of nitrogens with zero attached hydrogens (tertiary/aromatic N) is 4. The molecule has 1 saturated heterocycles. The summed E-state index contributed by atoms with van der Waals surface area (Å²) in [6.45, 7) is 1.33. The van der Waals surface area contributed by atoms with E-state index in [2.05, 4.69) is 15.2 Å². The first kappa shape index (κ1) is 18.0. The van der Waals surface area contributed by atoms with Gasteiger partial charge in [0.1, 0.15) is 12.4 Å². The lowest BCUT2D eigenvalue weighted by Crippen LogP contribution is -2.40. The number of hydrogen-bond donors (Lipinski definition) is 2. The van der Waals surface area contributed by atoms with Gasteiger partial charge >= 0.3 is 0 Å². The molecule has 8 nitrogen and oxygen atoms in total. The largest absolute Gasteiger partial charge is 0.368 e. The minimum absolute atomic E-state index is 0.0506. The maximum absolute atomic E-state index is 13.2. The minimum atomic E-state index is -0.408. The van der Waals surface area contributed by atoms with E-state index in [9.17, 15) is 9.59 Å². The molecule has 2 aromatic heterocycles. The average Bonchev–Trinajstić information content (AvgIpc) is 3.37. The maximum atomic E-state index is 13.2. The number of carbonyl (C=O) groups is 2. The van der Waals surface area contributed by atoms with Gasteiger partial charge in [-0.25, -0.2) is 4.98 Å². The van der Waals surface area contributed by atoms with E-state index in [1.165, 1.54) is 0 Å².